The van der Waals surface area contributed by atoms with Crippen LogP contribution in [-0.4, -0.2) is 50.1 Å². The first kappa shape index (κ1) is 28.7. The molecule has 0 bridgehead atoms. The van der Waals surface area contributed by atoms with Gasteiger partial charge in [-0.2, -0.15) is 5.10 Å². The zero-order valence-corrected chi connectivity index (χ0v) is 23.0. The van der Waals surface area contributed by atoms with E-state index in [1.807, 2.05) is 6.92 Å². The number of para-hydroxylation sites is 1. The number of esters is 1. The van der Waals surface area contributed by atoms with Gasteiger partial charge >= 0.3 is 5.97 Å². The number of hydrogen-bond donors (Lipinski definition) is 3. The fourth-order valence-corrected chi connectivity index (χ4v) is 4.30. The Morgan fingerprint density at radius 2 is 1.92 bits per heavy atom. The van der Waals surface area contributed by atoms with Gasteiger partial charge in [-0.3, -0.25) is 4.79 Å². The molecule has 0 radical (unpaired) electrons. The van der Waals surface area contributed by atoms with Crippen LogP contribution in [0.15, 0.2) is 52.8 Å². The number of methoxy groups -OCH3 is 1. The van der Waals surface area contributed by atoms with Crippen molar-refractivity contribution in [3.8, 4) is 17.2 Å². The summed E-state index contributed by atoms with van der Waals surface area (Å²) in [5.41, 5.74) is 4.58. The molecular weight excluding hydrogens is 532 g/mol. The summed E-state index contributed by atoms with van der Waals surface area (Å²) in [7, 11) is 1.50. The highest BCUT2D eigenvalue weighted by atomic mass is 35.5. The first-order valence-electron chi connectivity index (χ1n) is 11.8. The molecule has 1 aliphatic rings. The van der Waals surface area contributed by atoms with Crippen molar-refractivity contribution in [3.63, 3.8) is 0 Å². The molecule has 0 fully saturated rings. The number of carbonyl (C=O) groups excluding carboxylic acids is 2. The Morgan fingerprint density at radius 1 is 1.16 bits per heavy atom. The van der Waals surface area contributed by atoms with Crippen molar-refractivity contribution in [1.82, 2.24) is 16.1 Å². The third-order valence-electron chi connectivity index (χ3n) is 5.29. The normalized spacial score (nSPS) is 15.0. The van der Waals surface area contributed by atoms with Gasteiger partial charge in [0.05, 0.1) is 43.2 Å². The third kappa shape index (κ3) is 7.14. The molecule has 3 N–H and O–H groups in total. The molecule has 1 amide bonds. The molecule has 0 unspecified atom stereocenters. The van der Waals surface area contributed by atoms with Crippen LogP contribution in [0, 0.1) is 0 Å². The number of carbonyl (C=O) groups is 2. The summed E-state index contributed by atoms with van der Waals surface area (Å²) in [6.45, 7) is 5.65. The van der Waals surface area contributed by atoms with Gasteiger partial charge in [0, 0.05) is 11.3 Å². The Balaban J connectivity index is 1.71. The van der Waals surface area contributed by atoms with E-state index in [0.717, 1.165) is 0 Å². The molecule has 2 aromatic rings. The van der Waals surface area contributed by atoms with Crippen molar-refractivity contribution in [2.45, 2.75) is 26.8 Å². The number of nitrogens with one attached hydrogen (secondary N) is 3. The van der Waals surface area contributed by atoms with E-state index in [9.17, 15) is 9.59 Å². The Labute approximate surface area is 231 Å². The lowest BCUT2D eigenvalue weighted by molar-refractivity contribution is -0.139. The minimum absolute atomic E-state index is 0.223. The molecule has 0 saturated carbocycles. The summed E-state index contributed by atoms with van der Waals surface area (Å²) >= 11 is 11.5. The summed E-state index contributed by atoms with van der Waals surface area (Å²) in [6.07, 6.45) is 1.43. The largest absolute Gasteiger partial charge is 0.491 e. The number of allylic oxidation sites excluding steroid dienone is 1. The molecule has 1 atom stereocenters. The smallest absolute Gasteiger partial charge is 0.338 e. The number of hydrazone groups is 1. The van der Waals surface area contributed by atoms with Crippen LogP contribution in [0.5, 0.6) is 17.2 Å². The summed E-state index contributed by atoms with van der Waals surface area (Å²) in [5.74, 6) is 0.304. The highest BCUT2D eigenvalue weighted by molar-refractivity contribution is 7.80. The second kappa shape index (κ2) is 13.6. The highest BCUT2D eigenvalue weighted by Gasteiger charge is 2.32. The minimum atomic E-state index is -0.626. The van der Waals surface area contributed by atoms with Crippen molar-refractivity contribution in [2.24, 2.45) is 5.10 Å². The Hall–Kier alpha value is -3.83. The number of ether oxygens (including phenoxy) is 4. The number of rotatable bonds is 11. The van der Waals surface area contributed by atoms with Crippen molar-refractivity contribution in [1.29, 1.82) is 0 Å². The Bertz CT molecular complexity index is 1270. The van der Waals surface area contributed by atoms with Crippen molar-refractivity contribution in [3.05, 3.63) is 63.8 Å². The van der Waals surface area contributed by atoms with E-state index in [1.165, 1.54) is 13.3 Å². The van der Waals surface area contributed by atoms with Crippen LogP contribution in [-0.2, 0) is 14.3 Å². The number of amides is 1. The fourth-order valence-electron chi connectivity index (χ4n) is 3.73. The molecule has 0 spiro atoms. The molecule has 2 aromatic carbocycles. The van der Waals surface area contributed by atoms with Crippen molar-refractivity contribution >= 4 is 47.0 Å². The molecule has 38 heavy (non-hydrogen) atoms. The Morgan fingerprint density at radius 3 is 2.63 bits per heavy atom. The van der Waals surface area contributed by atoms with Crippen LogP contribution in [0.4, 0.5) is 0 Å². The maximum atomic E-state index is 12.7. The standard InChI is InChI=1S/C26H29ClN4O6S/c1-5-35-20-12-16(11-18(27)24(20)34-4)13-28-31-21(32)14-37-19-10-8-7-9-17(19)23-22(25(33)36-6-2)15(3)29-26(38)30-23/h7-13,23H,5-6,14H2,1-4H3,(H,31,32)(H2,29,30,38)/t23-/m0/s1. The SMILES string of the molecule is CCOC(=O)C1=C(C)NC(=S)N[C@H]1c1ccccc1OCC(=O)NN=Cc1cc(Cl)c(OC)c(OCC)c1. The van der Waals surface area contributed by atoms with Gasteiger partial charge in [0.25, 0.3) is 5.91 Å². The molecule has 10 nitrogen and oxygen atoms in total. The number of hydrogen-bond acceptors (Lipinski definition) is 8. The molecule has 0 aromatic heterocycles. The predicted octanol–water partition coefficient (Wildman–Crippen LogP) is 3.63. The fraction of sp³-hybridized carbons (Fsp3) is 0.308. The van der Waals surface area contributed by atoms with Crippen LogP contribution >= 0.6 is 23.8 Å². The quantitative estimate of drug-likeness (QED) is 0.164. The molecule has 1 heterocycles. The van der Waals surface area contributed by atoms with Gasteiger partial charge in [-0.15, -0.1) is 0 Å². The van der Waals surface area contributed by atoms with Crippen molar-refractivity contribution < 1.29 is 28.5 Å². The third-order valence-corrected chi connectivity index (χ3v) is 5.79. The summed E-state index contributed by atoms with van der Waals surface area (Å²) in [4.78, 5) is 25.1. The zero-order valence-electron chi connectivity index (χ0n) is 21.4. The van der Waals surface area contributed by atoms with Gasteiger partial charge in [0.2, 0.25) is 0 Å². The summed E-state index contributed by atoms with van der Waals surface area (Å²) in [6, 6.07) is 9.76. The van der Waals surface area contributed by atoms with Crippen LogP contribution < -0.4 is 30.3 Å². The van der Waals surface area contributed by atoms with Crippen LogP contribution in [0.2, 0.25) is 5.02 Å². The predicted molar refractivity (Wildman–Crippen MR) is 148 cm³/mol. The topological polar surface area (TPSA) is 120 Å². The first-order valence-corrected chi connectivity index (χ1v) is 12.6. The summed E-state index contributed by atoms with van der Waals surface area (Å²) in [5, 5.41) is 10.7. The van der Waals surface area contributed by atoms with E-state index < -0.39 is 17.9 Å². The lowest BCUT2D eigenvalue weighted by atomic mass is 9.95. The number of thiocarbonyl (C=S) groups is 1. The van der Waals surface area contributed by atoms with E-state index in [0.29, 0.717) is 56.4 Å². The molecule has 12 heteroatoms. The van der Waals surface area contributed by atoms with Gasteiger partial charge in [-0.25, -0.2) is 10.2 Å². The number of nitrogens with zero attached hydrogens (tertiary/aromatic N) is 1. The van der Waals surface area contributed by atoms with E-state index in [2.05, 4.69) is 21.2 Å². The second-order valence-corrected chi connectivity index (χ2v) is 8.69. The first-order chi connectivity index (χ1) is 18.3. The van der Waals surface area contributed by atoms with Crippen LogP contribution in [0.25, 0.3) is 0 Å². The van der Waals surface area contributed by atoms with Gasteiger partial charge in [0.1, 0.15) is 5.75 Å². The van der Waals surface area contributed by atoms with E-state index >= 15 is 0 Å². The lowest BCUT2D eigenvalue weighted by Gasteiger charge is -2.30. The van der Waals surface area contributed by atoms with E-state index in [-0.39, 0.29) is 13.2 Å². The zero-order chi connectivity index (χ0) is 27.7. The minimum Gasteiger partial charge on any atom is -0.491 e. The average Bonchev–Trinajstić information content (AvgIpc) is 2.87. The molecule has 202 valence electrons. The Kier molecular flexibility index (Phi) is 10.3. The molecule has 0 aliphatic carbocycles. The molecule has 1 aliphatic heterocycles. The number of benzene rings is 2. The van der Waals surface area contributed by atoms with Gasteiger partial charge < -0.3 is 29.6 Å². The summed E-state index contributed by atoms with van der Waals surface area (Å²) < 4.78 is 21.8. The van der Waals surface area contributed by atoms with Crippen molar-refractivity contribution in [2.75, 3.05) is 26.9 Å². The maximum absolute atomic E-state index is 12.7. The average molecular weight is 561 g/mol. The highest BCUT2D eigenvalue weighted by Crippen LogP contribution is 2.36. The van der Waals surface area contributed by atoms with Crippen LogP contribution in [0.1, 0.15) is 37.9 Å². The molecular formula is C26H29ClN4O6S. The van der Waals surface area contributed by atoms with Crippen LogP contribution in [0.3, 0.4) is 0 Å². The second-order valence-electron chi connectivity index (χ2n) is 7.88. The van der Waals surface area contributed by atoms with Gasteiger partial charge in [0.15, 0.2) is 23.2 Å². The van der Waals surface area contributed by atoms with Gasteiger partial charge in [-0.05, 0) is 56.8 Å². The monoisotopic (exact) mass is 560 g/mol. The maximum Gasteiger partial charge on any atom is 0.338 e. The number of halogens is 1. The lowest BCUT2D eigenvalue weighted by Crippen LogP contribution is -2.45. The molecule has 0 saturated heterocycles. The van der Waals surface area contributed by atoms with E-state index in [1.54, 1.807) is 50.2 Å². The van der Waals surface area contributed by atoms with E-state index in [4.69, 9.17) is 42.8 Å². The van der Waals surface area contributed by atoms with Gasteiger partial charge in [-0.1, -0.05) is 29.8 Å². The molecule has 3 rings (SSSR count).